The van der Waals surface area contributed by atoms with Crippen molar-refractivity contribution in [3.63, 3.8) is 0 Å². The number of aryl methyl sites for hydroxylation is 1. The summed E-state index contributed by atoms with van der Waals surface area (Å²) in [5.41, 5.74) is 1.33. The van der Waals surface area contributed by atoms with E-state index in [-0.39, 0.29) is 0 Å². The van der Waals surface area contributed by atoms with Crippen molar-refractivity contribution in [2.24, 2.45) is 0 Å². The zero-order chi connectivity index (χ0) is 11.7. The maximum atomic E-state index is 5.32. The van der Waals surface area contributed by atoms with Crippen LogP contribution >= 0.6 is 27.3 Å². The fraction of sp³-hybridized carbons (Fsp3) is 0.333. The molecule has 86 valence electrons. The maximum absolute atomic E-state index is 5.32. The molecule has 0 bridgehead atoms. The van der Waals surface area contributed by atoms with Crippen molar-refractivity contribution in [3.8, 4) is 11.5 Å². The minimum absolute atomic E-state index is 0.787. The summed E-state index contributed by atoms with van der Waals surface area (Å²) in [5.74, 6) is 1.58. The second kappa shape index (κ2) is 4.63. The number of fused-ring (bicyclic) bond motifs is 1. The molecule has 1 aromatic carbocycles. The summed E-state index contributed by atoms with van der Waals surface area (Å²) < 4.78 is 11.9. The third kappa shape index (κ3) is 1.80. The Balaban J connectivity index is 2.73. The van der Waals surface area contributed by atoms with E-state index in [9.17, 15) is 0 Å². The molecule has 0 N–H and O–H groups in total. The molecular weight excluding hydrogens is 288 g/mol. The average molecular weight is 301 g/mol. The van der Waals surface area contributed by atoms with Gasteiger partial charge in [0, 0.05) is 26.4 Å². The lowest BCUT2D eigenvalue weighted by molar-refractivity contribution is 0.356. The van der Waals surface area contributed by atoms with Gasteiger partial charge in [0.25, 0.3) is 0 Å². The van der Waals surface area contributed by atoms with Gasteiger partial charge in [-0.2, -0.15) is 0 Å². The topological polar surface area (TPSA) is 18.5 Å². The summed E-state index contributed by atoms with van der Waals surface area (Å²) in [6, 6.07) is 4.09. The lowest BCUT2D eigenvalue weighted by Crippen LogP contribution is -1.90. The van der Waals surface area contributed by atoms with Crippen molar-refractivity contribution in [1.29, 1.82) is 0 Å². The normalized spacial score (nSPS) is 10.8. The molecule has 1 heterocycles. The number of benzene rings is 1. The molecular formula is C12H13BrO2S. The highest BCUT2D eigenvalue weighted by atomic mass is 79.9. The third-order valence-corrected chi connectivity index (χ3v) is 4.30. The average Bonchev–Trinajstić information content (AvgIpc) is 2.61. The number of halogens is 1. The molecule has 0 saturated heterocycles. The Bertz CT molecular complexity index is 519. The quantitative estimate of drug-likeness (QED) is 0.794. The van der Waals surface area contributed by atoms with Gasteiger partial charge in [0.05, 0.1) is 14.2 Å². The molecule has 2 nitrogen and oxygen atoms in total. The van der Waals surface area contributed by atoms with Crippen molar-refractivity contribution in [3.05, 3.63) is 22.6 Å². The van der Waals surface area contributed by atoms with Crippen LogP contribution in [0.5, 0.6) is 11.5 Å². The highest BCUT2D eigenvalue weighted by Crippen LogP contribution is 2.39. The van der Waals surface area contributed by atoms with Crippen LogP contribution in [0.1, 0.15) is 10.4 Å². The van der Waals surface area contributed by atoms with Gasteiger partial charge < -0.3 is 9.47 Å². The van der Waals surface area contributed by atoms with Crippen molar-refractivity contribution < 1.29 is 9.47 Å². The van der Waals surface area contributed by atoms with E-state index in [0.717, 1.165) is 16.8 Å². The first-order valence-electron chi connectivity index (χ1n) is 4.91. The molecule has 0 saturated carbocycles. The standard InChI is InChI=1S/C12H13BrO2S/c1-7-9(6-13)8-4-10(14-2)11(15-3)5-12(8)16-7/h4-5H,6H2,1-3H3. The molecule has 0 fully saturated rings. The van der Waals surface area contributed by atoms with Gasteiger partial charge in [-0.05, 0) is 18.6 Å². The summed E-state index contributed by atoms with van der Waals surface area (Å²) in [5, 5.41) is 2.12. The van der Waals surface area contributed by atoms with E-state index >= 15 is 0 Å². The zero-order valence-electron chi connectivity index (χ0n) is 9.46. The first kappa shape index (κ1) is 11.7. The molecule has 2 rings (SSSR count). The van der Waals surface area contributed by atoms with E-state index in [1.54, 1.807) is 25.6 Å². The number of hydrogen-bond donors (Lipinski definition) is 0. The molecule has 16 heavy (non-hydrogen) atoms. The van der Waals surface area contributed by atoms with Crippen LogP contribution in [-0.2, 0) is 5.33 Å². The number of thiophene rings is 1. The van der Waals surface area contributed by atoms with Crippen LogP contribution in [-0.4, -0.2) is 14.2 Å². The minimum atomic E-state index is 0.787. The summed E-state index contributed by atoms with van der Waals surface area (Å²) in [7, 11) is 3.33. The van der Waals surface area contributed by atoms with Gasteiger partial charge in [-0.15, -0.1) is 11.3 Å². The van der Waals surface area contributed by atoms with Gasteiger partial charge in [-0.3, -0.25) is 0 Å². The highest BCUT2D eigenvalue weighted by Gasteiger charge is 2.12. The maximum Gasteiger partial charge on any atom is 0.162 e. The van der Waals surface area contributed by atoms with Gasteiger partial charge in [0.1, 0.15) is 0 Å². The molecule has 0 amide bonds. The first-order valence-corrected chi connectivity index (χ1v) is 6.85. The summed E-state index contributed by atoms with van der Waals surface area (Å²) in [6.07, 6.45) is 0. The molecule has 0 aliphatic rings. The second-order valence-corrected chi connectivity index (χ2v) is 5.29. The van der Waals surface area contributed by atoms with Gasteiger partial charge >= 0.3 is 0 Å². The Morgan fingerprint density at radius 3 is 2.38 bits per heavy atom. The Morgan fingerprint density at radius 1 is 1.19 bits per heavy atom. The van der Waals surface area contributed by atoms with Crippen LogP contribution in [0.25, 0.3) is 10.1 Å². The van der Waals surface area contributed by atoms with Crippen molar-refractivity contribution in [2.75, 3.05) is 14.2 Å². The molecule has 0 aliphatic carbocycles. The third-order valence-electron chi connectivity index (χ3n) is 2.63. The van der Waals surface area contributed by atoms with E-state index in [1.165, 1.54) is 20.5 Å². The molecule has 0 spiro atoms. The SMILES string of the molecule is COc1cc2sc(C)c(CBr)c2cc1OC. The molecule has 4 heteroatoms. The van der Waals surface area contributed by atoms with Crippen LogP contribution in [0.2, 0.25) is 0 Å². The molecule has 0 unspecified atom stereocenters. The molecule has 0 radical (unpaired) electrons. The fourth-order valence-corrected chi connectivity index (χ4v) is 3.76. The lowest BCUT2D eigenvalue weighted by atomic mass is 10.1. The minimum Gasteiger partial charge on any atom is -0.493 e. The number of hydrogen-bond acceptors (Lipinski definition) is 3. The largest absolute Gasteiger partial charge is 0.493 e. The molecule has 0 aliphatic heterocycles. The van der Waals surface area contributed by atoms with Crippen LogP contribution in [0.4, 0.5) is 0 Å². The Labute approximate surface area is 107 Å². The van der Waals surface area contributed by atoms with E-state index in [0.29, 0.717) is 0 Å². The number of ether oxygens (including phenoxy) is 2. The van der Waals surface area contributed by atoms with Crippen molar-refractivity contribution in [2.45, 2.75) is 12.3 Å². The van der Waals surface area contributed by atoms with Gasteiger partial charge in [0.15, 0.2) is 11.5 Å². The van der Waals surface area contributed by atoms with Crippen molar-refractivity contribution in [1.82, 2.24) is 0 Å². The van der Waals surface area contributed by atoms with E-state index in [4.69, 9.17) is 9.47 Å². The highest BCUT2D eigenvalue weighted by molar-refractivity contribution is 9.08. The van der Waals surface area contributed by atoms with Gasteiger partial charge in [-0.1, -0.05) is 15.9 Å². The monoisotopic (exact) mass is 300 g/mol. The van der Waals surface area contributed by atoms with Gasteiger partial charge in [0.2, 0.25) is 0 Å². The summed E-state index contributed by atoms with van der Waals surface area (Å²) >= 11 is 5.31. The number of rotatable bonds is 3. The van der Waals surface area contributed by atoms with Crippen molar-refractivity contribution >= 4 is 37.4 Å². The smallest absolute Gasteiger partial charge is 0.162 e. The predicted octanol–water partition coefficient (Wildman–Crippen LogP) is 4.12. The Morgan fingerprint density at radius 2 is 1.81 bits per heavy atom. The number of alkyl halides is 1. The predicted molar refractivity (Wildman–Crippen MR) is 72.3 cm³/mol. The molecule has 1 aromatic heterocycles. The first-order chi connectivity index (χ1) is 7.71. The Hall–Kier alpha value is -0.740. The van der Waals surface area contributed by atoms with Crippen LogP contribution in [0.15, 0.2) is 12.1 Å². The zero-order valence-corrected chi connectivity index (χ0v) is 11.9. The summed E-state index contributed by atoms with van der Waals surface area (Å²) in [6.45, 7) is 2.14. The van der Waals surface area contributed by atoms with Gasteiger partial charge in [-0.25, -0.2) is 0 Å². The fourth-order valence-electron chi connectivity index (χ4n) is 1.76. The number of methoxy groups -OCH3 is 2. The van der Waals surface area contributed by atoms with E-state index in [2.05, 4.69) is 22.9 Å². The van der Waals surface area contributed by atoms with Crippen LogP contribution < -0.4 is 9.47 Å². The summed E-state index contributed by atoms with van der Waals surface area (Å²) in [4.78, 5) is 1.34. The second-order valence-electron chi connectivity index (χ2n) is 3.47. The molecule has 2 aromatic rings. The Kier molecular flexibility index (Phi) is 3.40. The van der Waals surface area contributed by atoms with E-state index < -0.39 is 0 Å². The van der Waals surface area contributed by atoms with E-state index in [1.807, 2.05) is 12.1 Å². The lowest BCUT2D eigenvalue weighted by Gasteiger charge is -2.07. The van der Waals surface area contributed by atoms with Crippen LogP contribution in [0, 0.1) is 6.92 Å². The van der Waals surface area contributed by atoms with Crippen LogP contribution in [0.3, 0.4) is 0 Å². The molecule has 0 atom stereocenters.